The fourth-order valence-corrected chi connectivity index (χ4v) is 1.77. The van der Waals surface area contributed by atoms with Gasteiger partial charge in [-0.3, -0.25) is 10.1 Å². The molecule has 0 bridgehead atoms. The number of nitrogens with two attached hydrogens (primary N) is 1. The highest BCUT2D eigenvalue weighted by molar-refractivity contribution is 6.32. The van der Waals surface area contributed by atoms with Crippen LogP contribution in [0.2, 0.25) is 5.15 Å². The van der Waals surface area contributed by atoms with Gasteiger partial charge in [0.2, 0.25) is 11.0 Å². The molecule has 0 spiro atoms. The Labute approximate surface area is 113 Å². The predicted octanol–water partition coefficient (Wildman–Crippen LogP) is 2.30. The highest BCUT2D eigenvalue weighted by atomic mass is 35.5. The van der Waals surface area contributed by atoms with Crippen LogP contribution in [0.4, 0.5) is 11.4 Å². The molecule has 0 saturated carbocycles. The summed E-state index contributed by atoms with van der Waals surface area (Å²) in [5.74, 6) is 0.429. The van der Waals surface area contributed by atoms with Crippen LogP contribution in [-0.4, -0.2) is 22.0 Å². The normalized spacial score (nSPS) is 10.2. The monoisotopic (exact) mass is 280 g/mol. The van der Waals surface area contributed by atoms with Gasteiger partial charge < -0.3 is 10.5 Å². The second-order valence-electron chi connectivity index (χ2n) is 3.57. The fraction of sp³-hybridized carbons (Fsp3) is 0.0909. The lowest BCUT2D eigenvalue weighted by Gasteiger charge is -2.07. The summed E-state index contributed by atoms with van der Waals surface area (Å²) in [6.45, 7) is 0. The smallest absolute Gasteiger partial charge is 0.329 e. The summed E-state index contributed by atoms with van der Waals surface area (Å²) >= 11 is 5.66. The lowest BCUT2D eigenvalue weighted by Crippen LogP contribution is -2.01. The number of pyridine rings is 2. The SMILES string of the molecule is COc1ccc(-c2cnc(Cl)c([N+](=O)[O-])c2N)cn1. The topological polar surface area (TPSA) is 104 Å². The summed E-state index contributed by atoms with van der Waals surface area (Å²) in [7, 11) is 1.49. The Bertz CT molecular complexity index is 631. The molecule has 2 aromatic heterocycles. The molecule has 2 heterocycles. The number of anilines is 1. The molecule has 0 unspecified atom stereocenters. The van der Waals surface area contributed by atoms with E-state index in [1.807, 2.05) is 0 Å². The third-order valence-electron chi connectivity index (χ3n) is 2.49. The molecule has 0 atom stereocenters. The van der Waals surface area contributed by atoms with E-state index in [1.54, 1.807) is 12.1 Å². The van der Waals surface area contributed by atoms with Gasteiger partial charge in [0.15, 0.2) is 0 Å². The first-order chi connectivity index (χ1) is 9.04. The van der Waals surface area contributed by atoms with Gasteiger partial charge in [-0.25, -0.2) is 9.97 Å². The van der Waals surface area contributed by atoms with E-state index in [0.717, 1.165) is 0 Å². The molecule has 2 aromatic rings. The first-order valence-electron chi connectivity index (χ1n) is 5.13. The Morgan fingerprint density at radius 2 is 2.11 bits per heavy atom. The molecule has 0 aliphatic carbocycles. The molecule has 0 radical (unpaired) electrons. The van der Waals surface area contributed by atoms with Gasteiger partial charge >= 0.3 is 5.69 Å². The number of nitrogens with zero attached hydrogens (tertiary/aromatic N) is 3. The Balaban J connectivity index is 2.56. The summed E-state index contributed by atoms with van der Waals surface area (Å²) in [6.07, 6.45) is 2.86. The average molecular weight is 281 g/mol. The number of hydrogen-bond acceptors (Lipinski definition) is 6. The van der Waals surface area contributed by atoms with Crippen molar-refractivity contribution in [3.63, 3.8) is 0 Å². The summed E-state index contributed by atoms with van der Waals surface area (Å²) in [5, 5.41) is 10.6. The van der Waals surface area contributed by atoms with Crippen LogP contribution >= 0.6 is 11.6 Å². The molecule has 0 fully saturated rings. The van der Waals surface area contributed by atoms with Gasteiger partial charge in [-0.05, 0) is 6.07 Å². The number of rotatable bonds is 3. The van der Waals surface area contributed by atoms with Crippen LogP contribution in [0.25, 0.3) is 11.1 Å². The number of aromatic nitrogens is 2. The van der Waals surface area contributed by atoms with Gasteiger partial charge in [-0.15, -0.1) is 0 Å². The quantitative estimate of drug-likeness (QED) is 0.525. The van der Waals surface area contributed by atoms with Crippen LogP contribution in [0.5, 0.6) is 5.88 Å². The van der Waals surface area contributed by atoms with Crippen molar-refractivity contribution in [1.82, 2.24) is 9.97 Å². The van der Waals surface area contributed by atoms with E-state index < -0.39 is 10.6 Å². The molecule has 0 saturated heterocycles. The molecule has 7 nitrogen and oxygen atoms in total. The van der Waals surface area contributed by atoms with E-state index in [2.05, 4.69) is 9.97 Å². The van der Waals surface area contributed by atoms with Crippen molar-refractivity contribution in [2.45, 2.75) is 0 Å². The number of nitro groups is 1. The van der Waals surface area contributed by atoms with Crippen LogP contribution in [0.15, 0.2) is 24.5 Å². The molecule has 0 amide bonds. The minimum Gasteiger partial charge on any atom is -0.481 e. The van der Waals surface area contributed by atoms with Gasteiger partial charge in [0.1, 0.15) is 5.69 Å². The zero-order chi connectivity index (χ0) is 14.0. The first kappa shape index (κ1) is 13.0. The third kappa shape index (κ3) is 2.41. The van der Waals surface area contributed by atoms with Crippen molar-refractivity contribution in [3.8, 4) is 17.0 Å². The van der Waals surface area contributed by atoms with Gasteiger partial charge in [-0.2, -0.15) is 0 Å². The second kappa shape index (κ2) is 5.07. The zero-order valence-corrected chi connectivity index (χ0v) is 10.6. The molecular weight excluding hydrogens is 272 g/mol. The van der Waals surface area contributed by atoms with E-state index in [0.29, 0.717) is 17.0 Å². The van der Waals surface area contributed by atoms with Gasteiger partial charge in [0.25, 0.3) is 0 Å². The molecule has 19 heavy (non-hydrogen) atoms. The van der Waals surface area contributed by atoms with E-state index in [-0.39, 0.29) is 10.8 Å². The largest absolute Gasteiger partial charge is 0.481 e. The maximum atomic E-state index is 10.9. The number of ether oxygens (including phenoxy) is 1. The van der Waals surface area contributed by atoms with Crippen molar-refractivity contribution in [3.05, 3.63) is 39.8 Å². The van der Waals surface area contributed by atoms with Gasteiger partial charge in [-0.1, -0.05) is 11.6 Å². The minimum absolute atomic E-state index is 0.0445. The summed E-state index contributed by atoms with van der Waals surface area (Å²) in [5.41, 5.74) is 6.29. The third-order valence-corrected chi connectivity index (χ3v) is 2.76. The summed E-state index contributed by atoms with van der Waals surface area (Å²) in [4.78, 5) is 18.0. The molecule has 0 aliphatic rings. The van der Waals surface area contributed by atoms with Crippen LogP contribution in [0, 0.1) is 10.1 Å². The van der Waals surface area contributed by atoms with E-state index >= 15 is 0 Å². The van der Waals surface area contributed by atoms with E-state index in [1.165, 1.54) is 19.5 Å². The molecular formula is C11H9ClN4O3. The average Bonchev–Trinajstić information content (AvgIpc) is 2.39. The minimum atomic E-state index is -0.662. The van der Waals surface area contributed by atoms with Crippen LogP contribution in [0.3, 0.4) is 0 Å². The van der Waals surface area contributed by atoms with Gasteiger partial charge in [0.05, 0.1) is 12.0 Å². The Morgan fingerprint density at radius 1 is 1.37 bits per heavy atom. The molecule has 0 aliphatic heterocycles. The fourth-order valence-electron chi connectivity index (χ4n) is 1.55. The maximum Gasteiger partial charge on any atom is 0.329 e. The zero-order valence-electron chi connectivity index (χ0n) is 9.83. The lowest BCUT2D eigenvalue weighted by molar-refractivity contribution is -0.384. The maximum absolute atomic E-state index is 10.9. The van der Waals surface area contributed by atoms with Crippen LogP contribution < -0.4 is 10.5 Å². The van der Waals surface area contributed by atoms with Gasteiger partial charge in [0, 0.05) is 29.6 Å². The highest BCUT2D eigenvalue weighted by Gasteiger charge is 2.22. The predicted molar refractivity (Wildman–Crippen MR) is 70.1 cm³/mol. The molecule has 2 N–H and O–H groups in total. The van der Waals surface area contributed by atoms with Crippen LogP contribution in [0.1, 0.15) is 0 Å². The van der Waals surface area contributed by atoms with Crippen molar-refractivity contribution in [2.24, 2.45) is 0 Å². The van der Waals surface area contributed by atoms with Crippen molar-refractivity contribution >= 4 is 23.0 Å². The van der Waals surface area contributed by atoms with Crippen molar-refractivity contribution in [2.75, 3.05) is 12.8 Å². The number of nitrogen functional groups attached to an aromatic ring is 1. The van der Waals surface area contributed by atoms with Crippen molar-refractivity contribution in [1.29, 1.82) is 0 Å². The van der Waals surface area contributed by atoms with Crippen molar-refractivity contribution < 1.29 is 9.66 Å². The number of methoxy groups -OCH3 is 1. The summed E-state index contributed by atoms with van der Waals surface area (Å²) in [6, 6.07) is 3.30. The first-order valence-corrected chi connectivity index (χ1v) is 5.51. The molecule has 98 valence electrons. The second-order valence-corrected chi connectivity index (χ2v) is 3.93. The Kier molecular flexibility index (Phi) is 3.48. The summed E-state index contributed by atoms with van der Waals surface area (Å²) < 4.78 is 4.93. The van der Waals surface area contributed by atoms with Crippen LogP contribution in [-0.2, 0) is 0 Å². The number of halogens is 1. The molecule has 2 rings (SSSR count). The highest BCUT2D eigenvalue weighted by Crippen LogP contribution is 2.36. The standard InChI is InChI=1S/C11H9ClN4O3/c1-19-8-3-2-6(4-14-8)7-5-15-11(12)10(9(7)13)16(17)18/h2-5H,1H3,(H2,13,15). The molecule has 0 aromatic carbocycles. The number of hydrogen-bond donors (Lipinski definition) is 1. The molecule has 8 heteroatoms. The Morgan fingerprint density at radius 3 is 2.63 bits per heavy atom. The Hall–Kier alpha value is -2.41. The van der Waals surface area contributed by atoms with E-state index in [9.17, 15) is 10.1 Å². The lowest BCUT2D eigenvalue weighted by atomic mass is 10.1. The van der Waals surface area contributed by atoms with E-state index in [4.69, 9.17) is 22.1 Å².